The van der Waals surface area contributed by atoms with Gasteiger partial charge >= 0.3 is 0 Å². The van der Waals surface area contributed by atoms with E-state index >= 15 is 0 Å². The predicted molar refractivity (Wildman–Crippen MR) is 97.2 cm³/mol. The van der Waals surface area contributed by atoms with Gasteiger partial charge in [-0.25, -0.2) is 4.98 Å². The number of allylic oxidation sites excluding steroid dienone is 1. The zero-order chi connectivity index (χ0) is 16.4. The first-order valence-electron chi connectivity index (χ1n) is 7.52. The van der Waals surface area contributed by atoms with Crippen molar-refractivity contribution in [2.75, 3.05) is 7.11 Å². The first-order valence-corrected chi connectivity index (χ1v) is 8.40. The fourth-order valence-corrected chi connectivity index (χ4v) is 3.66. The Morgan fingerprint density at radius 3 is 2.78 bits per heavy atom. The topological polar surface area (TPSA) is 27.1 Å². The summed E-state index contributed by atoms with van der Waals surface area (Å²) >= 11 is 1.64. The van der Waals surface area contributed by atoms with Gasteiger partial charge in [0.2, 0.25) is 0 Å². The average molecular weight is 324 g/mol. The van der Waals surface area contributed by atoms with Crippen LogP contribution in [0, 0.1) is 13.8 Å². The van der Waals surface area contributed by atoms with Gasteiger partial charge in [0, 0.05) is 28.9 Å². The van der Waals surface area contributed by atoms with Gasteiger partial charge < -0.3 is 9.30 Å². The number of hydrogen-bond acceptors (Lipinski definition) is 3. The van der Waals surface area contributed by atoms with Crippen LogP contribution in [0.15, 0.2) is 48.4 Å². The Balaban J connectivity index is 2.03. The van der Waals surface area contributed by atoms with E-state index in [1.165, 1.54) is 17.0 Å². The summed E-state index contributed by atoms with van der Waals surface area (Å²) < 4.78 is 7.70. The van der Waals surface area contributed by atoms with Crippen molar-refractivity contribution in [3.05, 3.63) is 59.8 Å². The van der Waals surface area contributed by atoms with Gasteiger partial charge in [-0.2, -0.15) is 0 Å². The molecule has 0 N–H and O–H groups in total. The van der Waals surface area contributed by atoms with Gasteiger partial charge in [-0.3, -0.25) is 0 Å². The van der Waals surface area contributed by atoms with Crippen molar-refractivity contribution in [3.63, 3.8) is 0 Å². The fraction of sp³-hybridized carbons (Fsp3) is 0.211. The van der Waals surface area contributed by atoms with Gasteiger partial charge in [-0.05, 0) is 32.0 Å². The smallest absolute Gasteiger partial charge is 0.129 e. The van der Waals surface area contributed by atoms with E-state index in [0.29, 0.717) is 0 Å². The largest absolute Gasteiger partial charge is 0.496 e. The molecule has 3 aromatic rings. The van der Waals surface area contributed by atoms with Gasteiger partial charge in [0.15, 0.2) is 0 Å². The number of benzene rings is 1. The van der Waals surface area contributed by atoms with Crippen molar-refractivity contribution in [2.45, 2.75) is 20.4 Å². The highest BCUT2D eigenvalue weighted by molar-refractivity contribution is 7.13. The molecule has 0 aliphatic heterocycles. The molecule has 0 aliphatic rings. The van der Waals surface area contributed by atoms with Gasteiger partial charge in [0.25, 0.3) is 0 Å². The molecule has 23 heavy (non-hydrogen) atoms. The molecule has 0 bridgehead atoms. The summed E-state index contributed by atoms with van der Waals surface area (Å²) in [5.41, 5.74) is 5.68. The maximum atomic E-state index is 5.45. The molecule has 4 heteroatoms. The van der Waals surface area contributed by atoms with Crippen LogP contribution in [0.5, 0.6) is 5.75 Å². The van der Waals surface area contributed by atoms with Crippen LogP contribution in [-0.4, -0.2) is 16.7 Å². The van der Waals surface area contributed by atoms with Gasteiger partial charge in [-0.1, -0.05) is 18.2 Å². The normalized spacial score (nSPS) is 10.7. The van der Waals surface area contributed by atoms with Gasteiger partial charge in [0.1, 0.15) is 10.8 Å². The molecule has 0 aliphatic carbocycles. The van der Waals surface area contributed by atoms with Crippen LogP contribution in [0.25, 0.3) is 21.8 Å². The number of nitrogens with zero attached hydrogens (tertiary/aromatic N) is 2. The number of aromatic nitrogens is 2. The molecule has 118 valence electrons. The minimum absolute atomic E-state index is 0.821. The second-order valence-electron chi connectivity index (χ2n) is 5.42. The number of para-hydroxylation sites is 1. The van der Waals surface area contributed by atoms with Crippen LogP contribution in [0.1, 0.15) is 11.4 Å². The summed E-state index contributed by atoms with van der Waals surface area (Å²) in [4.78, 5) is 4.83. The number of ether oxygens (including phenoxy) is 1. The maximum absolute atomic E-state index is 5.45. The van der Waals surface area contributed by atoms with Crippen LogP contribution in [0.2, 0.25) is 0 Å². The molecule has 0 spiro atoms. The highest BCUT2D eigenvalue weighted by Crippen LogP contribution is 2.35. The zero-order valence-corrected chi connectivity index (χ0v) is 14.5. The van der Waals surface area contributed by atoms with E-state index in [0.717, 1.165) is 28.6 Å². The summed E-state index contributed by atoms with van der Waals surface area (Å²) in [6, 6.07) is 10.2. The standard InChI is InChI=1S/C19H20N2OS/c1-5-10-21-13(2)11-16(14(21)3)17-12-23-19(20-17)15-8-6-7-9-18(15)22-4/h5-9,11-12H,1,10H2,2-4H3. The quantitative estimate of drug-likeness (QED) is 0.611. The average Bonchev–Trinajstić information content (AvgIpc) is 3.15. The molecule has 1 aromatic carbocycles. The van der Waals surface area contributed by atoms with Crippen molar-refractivity contribution in [1.29, 1.82) is 0 Å². The van der Waals surface area contributed by atoms with Crippen LogP contribution < -0.4 is 4.74 Å². The summed E-state index contributed by atoms with van der Waals surface area (Å²) in [6.07, 6.45) is 1.92. The number of thiazole rings is 1. The van der Waals surface area contributed by atoms with E-state index < -0.39 is 0 Å². The summed E-state index contributed by atoms with van der Waals surface area (Å²) in [5, 5.41) is 3.09. The SMILES string of the molecule is C=CCn1c(C)cc(-c2csc(-c3ccccc3OC)n2)c1C. The maximum Gasteiger partial charge on any atom is 0.129 e. The fourth-order valence-electron chi connectivity index (χ4n) is 2.81. The second kappa shape index (κ2) is 6.42. The van der Waals surface area contributed by atoms with E-state index in [1.807, 2.05) is 30.3 Å². The molecule has 2 aromatic heterocycles. The molecule has 3 nitrogen and oxygen atoms in total. The third-order valence-electron chi connectivity index (χ3n) is 4.00. The van der Waals surface area contributed by atoms with Crippen LogP contribution in [-0.2, 0) is 6.54 Å². The Hall–Kier alpha value is -2.33. The Morgan fingerprint density at radius 1 is 1.26 bits per heavy atom. The lowest BCUT2D eigenvalue weighted by Crippen LogP contribution is -1.99. The predicted octanol–water partition coefficient (Wildman–Crippen LogP) is 5.09. The molecule has 0 unspecified atom stereocenters. The third-order valence-corrected chi connectivity index (χ3v) is 4.88. The third kappa shape index (κ3) is 2.82. The Bertz CT molecular complexity index is 845. The Labute approximate surface area is 140 Å². The Morgan fingerprint density at radius 2 is 2.04 bits per heavy atom. The van der Waals surface area contributed by atoms with E-state index in [1.54, 1.807) is 18.4 Å². The van der Waals surface area contributed by atoms with Crippen molar-refractivity contribution >= 4 is 11.3 Å². The molecule has 0 saturated heterocycles. The van der Waals surface area contributed by atoms with E-state index in [-0.39, 0.29) is 0 Å². The Kier molecular flexibility index (Phi) is 4.35. The monoisotopic (exact) mass is 324 g/mol. The van der Waals surface area contributed by atoms with Crippen LogP contribution >= 0.6 is 11.3 Å². The highest BCUT2D eigenvalue weighted by Gasteiger charge is 2.15. The zero-order valence-electron chi connectivity index (χ0n) is 13.7. The molecular weight excluding hydrogens is 304 g/mol. The van der Waals surface area contributed by atoms with Crippen molar-refractivity contribution < 1.29 is 4.74 Å². The summed E-state index contributed by atoms with van der Waals surface area (Å²) in [7, 11) is 1.69. The first-order chi connectivity index (χ1) is 11.2. The summed E-state index contributed by atoms with van der Waals surface area (Å²) in [6.45, 7) is 8.91. The number of aryl methyl sites for hydroxylation is 1. The minimum Gasteiger partial charge on any atom is -0.496 e. The molecule has 0 fully saturated rings. The molecule has 0 saturated carbocycles. The first kappa shape index (κ1) is 15.6. The van der Waals surface area contributed by atoms with Crippen LogP contribution in [0.3, 0.4) is 0 Å². The van der Waals surface area contributed by atoms with Crippen molar-refractivity contribution in [3.8, 4) is 27.6 Å². The van der Waals surface area contributed by atoms with Crippen molar-refractivity contribution in [2.24, 2.45) is 0 Å². The molecule has 0 atom stereocenters. The number of hydrogen-bond donors (Lipinski definition) is 0. The lowest BCUT2D eigenvalue weighted by Gasteiger charge is -2.06. The minimum atomic E-state index is 0.821. The molecular formula is C19H20N2OS. The highest BCUT2D eigenvalue weighted by atomic mass is 32.1. The molecule has 3 rings (SSSR count). The van der Waals surface area contributed by atoms with E-state index in [4.69, 9.17) is 9.72 Å². The van der Waals surface area contributed by atoms with Gasteiger partial charge in [0.05, 0.1) is 18.4 Å². The molecule has 0 radical (unpaired) electrons. The van der Waals surface area contributed by atoms with Crippen molar-refractivity contribution in [1.82, 2.24) is 9.55 Å². The van der Waals surface area contributed by atoms with E-state index in [9.17, 15) is 0 Å². The lowest BCUT2D eigenvalue weighted by atomic mass is 10.2. The summed E-state index contributed by atoms with van der Waals surface area (Å²) in [5.74, 6) is 0.852. The number of methoxy groups -OCH3 is 1. The second-order valence-corrected chi connectivity index (χ2v) is 6.28. The molecule has 0 amide bonds. The number of rotatable bonds is 5. The van der Waals surface area contributed by atoms with Gasteiger partial charge in [-0.15, -0.1) is 17.9 Å². The van der Waals surface area contributed by atoms with Crippen LogP contribution in [0.4, 0.5) is 0 Å². The molecule has 2 heterocycles. The lowest BCUT2D eigenvalue weighted by molar-refractivity contribution is 0.416. The van der Waals surface area contributed by atoms with E-state index in [2.05, 4.69) is 36.4 Å².